The number of nitrogens with zero attached hydrogens (tertiary/aromatic N) is 3. The Hall–Kier alpha value is -2.98. The third kappa shape index (κ3) is 6.79. The third-order valence-corrected chi connectivity index (χ3v) is 6.31. The number of hydrogen-bond acceptors (Lipinski definition) is 5. The van der Waals surface area contributed by atoms with Gasteiger partial charge in [0.05, 0.1) is 18.3 Å². The van der Waals surface area contributed by atoms with Crippen LogP contribution in [0.25, 0.3) is 0 Å². The van der Waals surface area contributed by atoms with Crippen molar-refractivity contribution in [2.45, 2.75) is 31.7 Å². The molecule has 1 atom stereocenters. The third-order valence-electron chi connectivity index (χ3n) is 6.31. The van der Waals surface area contributed by atoms with Crippen molar-refractivity contribution in [3.8, 4) is 0 Å². The number of halogens is 3. The summed E-state index contributed by atoms with van der Waals surface area (Å²) in [7, 11) is 0. The molecule has 0 unspecified atom stereocenters. The molecule has 0 aliphatic carbocycles. The summed E-state index contributed by atoms with van der Waals surface area (Å²) in [5.74, 6) is -0.582. The van der Waals surface area contributed by atoms with E-state index < -0.39 is 23.8 Å². The Morgan fingerprint density at radius 1 is 1.11 bits per heavy atom. The van der Waals surface area contributed by atoms with Crippen LogP contribution in [0.5, 0.6) is 0 Å². The van der Waals surface area contributed by atoms with Gasteiger partial charge in [-0.15, -0.1) is 0 Å². The first-order valence-corrected chi connectivity index (χ1v) is 11.6. The van der Waals surface area contributed by atoms with Crippen LogP contribution in [0.15, 0.2) is 48.8 Å². The molecule has 2 aliphatic rings. The minimum absolute atomic E-state index is 0.0934. The van der Waals surface area contributed by atoms with Crippen molar-refractivity contribution >= 4 is 11.8 Å². The molecule has 188 valence electrons. The van der Waals surface area contributed by atoms with Crippen LogP contribution in [0.2, 0.25) is 0 Å². The first-order chi connectivity index (χ1) is 16.8. The molecule has 7 nitrogen and oxygen atoms in total. The topological polar surface area (TPSA) is 72.0 Å². The molecule has 3 heterocycles. The highest BCUT2D eigenvalue weighted by Crippen LogP contribution is 2.30. The van der Waals surface area contributed by atoms with Crippen LogP contribution in [-0.4, -0.2) is 72.1 Å². The molecule has 0 bridgehead atoms. The van der Waals surface area contributed by atoms with Crippen molar-refractivity contribution in [1.82, 2.24) is 14.8 Å². The molecule has 1 aromatic heterocycles. The lowest BCUT2D eigenvalue weighted by Crippen LogP contribution is -2.42. The Kier molecular flexibility index (Phi) is 8.02. The van der Waals surface area contributed by atoms with Gasteiger partial charge in [-0.2, -0.15) is 13.2 Å². The van der Waals surface area contributed by atoms with Gasteiger partial charge in [0, 0.05) is 50.8 Å². The molecule has 0 N–H and O–H groups in total. The second-order valence-corrected chi connectivity index (χ2v) is 8.91. The van der Waals surface area contributed by atoms with Crippen molar-refractivity contribution in [3.05, 3.63) is 65.5 Å². The Balaban J connectivity index is 1.52. The van der Waals surface area contributed by atoms with Gasteiger partial charge in [0.25, 0.3) is 5.91 Å². The molecular formula is C25H28F3N3O4. The molecule has 2 amide bonds. The van der Waals surface area contributed by atoms with Gasteiger partial charge in [-0.3, -0.25) is 14.6 Å². The van der Waals surface area contributed by atoms with Crippen LogP contribution in [0, 0.1) is 5.92 Å². The highest BCUT2D eigenvalue weighted by Gasteiger charge is 2.34. The van der Waals surface area contributed by atoms with Crippen molar-refractivity contribution in [1.29, 1.82) is 0 Å². The maximum Gasteiger partial charge on any atom is 0.416 e. The van der Waals surface area contributed by atoms with Gasteiger partial charge >= 0.3 is 6.18 Å². The molecule has 2 aromatic rings. The fourth-order valence-electron chi connectivity index (χ4n) is 4.36. The SMILES string of the molecule is O=C1CN(C(=O)c2cccc(C(F)(F)F)c2)C[C@@H](OCc2ccncc2)CN1CC1CCOCC1. The van der Waals surface area contributed by atoms with Crippen LogP contribution in [0.1, 0.15) is 34.3 Å². The van der Waals surface area contributed by atoms with E-state index in [2.05, 4.69) is 4.98 Å². The molecule has 35 heavy (non-hydrogen) atoms. The number of rotatable bonds is 6. The lowest BCUT2D eigenvalue weighted by Gasteiger charge is -2.30. The van der Waals surface area contributed by atoms with E-state index in [1.807, 2.05) is 12.1 Å². The van der Waals surface area contributed by atoms with E-state index in [1.54, 1.807) is 17.3 Å². The fraction of sp³-hybridized carbons (Fsp3) is 0.480. The number of alkyl halides is 3. The maximum absolute atomic E-state index is 13.2. The molecule has 0 radical (unpaired) electrons. The average Bonchev–Trinajstić information content (AvgIpc) is 3.01. The van der Waals surface area contributed by atoms with E-state index >= 15 is 0 Å². The monoisotopic (exact) mass is 491 g/mol. The van der Waals surface area contributed by atoms with E-state index in [9.17, 15) is 22.8 Å². The van der Waals surface area contributed by atoms with Gasteiger partial charge < -0.3 is 19.3 Å². The zero-order chi connectivity index (χ0) is 24.8. The van der Waals surface area contributed by atoms with E-state index in [1.165, 1.54) is 17.0 Å². The van der Waals surface area contributed by atoms with Gasteiger partial charge in [-0.25, -0.2) is 0 Å². The molecule has 2 saturated heterocycles. The van der Waals surface area contributed by atoms with Crippen LogP contribution in [0.4, 0.5) is 13.2 Å². The van der Waals surface area contributed by atoms with Crippen molar-refractivity contribution in [2.75, 3.05) is 39.4 Å². The van der Waals surface area contributed by atoms with Crippen LogP contribution < -0.4 is 0 Å². The molecule has 1 aromatic carbocycles. The minimum atomic E-state index is -4.57. The molecule has 10 heteroatoms. The van der Waals surface area contributed by atoms with Crippen LogP contribution in [0.3, 0.4) is 0 Å². The van der Waals surface area contributed by atoms with Crippen LogP contribution in [-0.2, 0) is 27.1 Å². The number of benzene rings is 1. The Labute approximate surface area is 201 Å². The smallest absolute Gasteiger partial charge is 0.381 e. The lowest BCUT2D eigenvalue weighted by atomic mass is 9.99. The maximum atomic E-state index is 13.2. The number of carbonyl (C=O) groups excluding carboxylic acids is 2. The van der Waals surface area contributed by atoms with Gasteiger partial charge in [0.2, 0.25) is 5.91 Å². The highest BCUT2D eigenvalue weighted by molar-refractivity contribution is 5.97. The summed E-state index contributed by atoms with van der Waals surface area (Å²) in [6.07, 6.45) is -0.0730. The lowest BCUT2D eigenvalue weighted by molar-refractivity contribution is -0.137. The van der Waals surface area contributed by atoms with Crippen molar-refractivity contribution < 1.29 is 32.2 Å². The molecule has 2 aliphatic heterocycles. The molecule has 0 spiro atoms. The summed E-state index contributed by atoms with van der Waals surface area (Å²) in [6, 6.07) is 7.90. The zero-order valence-electron chi connectivity index (χ0n) is 19.2. The average molecular weight is 492 g/mol. The number of carbonyl (C=O) groups is 2. The molecular weight excluding hydrogens is 463 g/mol. The van der Waals surface area contributed by atoms with Gasteiger partial charge in [-0.05, 0) is 54.7 Å². The number of pyridine rings is 1. The Bertz CT molecular complexity index is 1010. The van der Waals surface area contributed by atoms with E-state index in [0.717, 1.165) is 30.5 Å². The second kappa shape index (κ2) is 11.2. The summed E-state index contributed by atoms with van der Waals surface area (Å²) in [5.41, 5.74) is -0.128. The summed E-state index contributed by atoms with van der Waals surface area (Å²) in [4.78, 5) is 33.3. The van der Waals surface area contributed by atoms with E-state index in [-0.39, 0.29) is 31.2 Å². The van der Waals surface area contributed by atoms with Gasteiger partial charge in [0.15, 0.2) is 0 Å². The predicted molar refractivity (Wildman–Crippen MR) is 120 cm³/mol. The first kappa shape index (κ1) is 25.1. The van der Waals surface area contributed by atoms with Crippen molar-refractivity contribution in [3.63, 3.8) is 0 Å². The number of amides is 2. The minimum Gasteiger partial charge on any atom is -0.381 e. The van der Waals surface area contributed by atoms with Crippen LogP contribution >= 0.6 is 0 Å². The summed E-state index contributed by atoms with van der Waals surface area (Å²) < 4.78 is 51.0. The Morgan fingerprint density at radius 2 is 1.86 bits per heavy atom. The Morgan fingerprint density at radius 3 is 2.57 bits per heavy atom. The quantitative estimate of drug-likeness (QED) is 0.620. The second-order valence-electron chi connectivity index (χ2n) is 8.91. The number of aromatic nitrogens is 1. The van der Waals surface area contributed by atoms with Gasteiger partial charge in [-0.1, -0.05) is 6.07 Å². The van der Waals surface area contributed by atoms with Gasteiger partial charge in [0.1, 0.15) is 6.54 Å². The summed E-state index contributed by atoms with van der Waals surface area (Å²) in [6.45, 7) is 2.27. The largest absolute Gasteiger partial charge is 0.416 e. The summed E-state index contributed by atoms with van der Waals surface area (Å²) >= 11 is 0. The van der Waals surface area contributed by atoms with E-state index in [0.29, 0.717) is 32.2 Å². The van der Waals surface area contributed by atoms with Crippen molar-refractivity contribution in [2.24, 2.45) is 5.92 Å². The number of hydrogen-bond donors (Lipinski definition) is 0. The normalized spacial score (nSPS) is 20.1. The standard InChI is InChI=1S/C25H28F3N3O4/c26-25(27,28)21-3-1-2-20(12-21)24(33)31-15-22(35-17-19-4-8-29-9-5-19)14-30(23(32)16-31)13-18-6-10-34-11-7-18/h1-5,8-9,12,18,22H,6-7,10-11,13-17H2/t22-/m0/s1. The summed E-state index contributed by atoms with van der Waals surface area (Å²) in [5, 5.41) is 0. The van der Waals surface area contributed by atoms with E-state index in [4.69, 9.17) is 9.47 Å². The highest BCUT2D eigenvalue weighted by atomic mass is 19.4. The predicted octanol–water partition coefficient (Wildman–Crippen LogP) is 3.40. The molecule has 0 saturated carbocycles. The zero-order valence-corrected chi connectivity index (χ0v) is 19.2. The number of ether oxygens (including phenoxy) is 2. The first-order valence-electron chi connectivity index (χ1n) is 11.6. The molecule has 4 rings (SSSR count). The molecule has 2 fully saturated rings. The fourth-order valence-corrected chi connectivity index (χ4v) is 4.36.